The van der Waals surface area contributed by atoms with Gasteiger partial charge in [-0.3, -0.25) is 9.59 Å². The fourth-order valence-electron chi connectivity index (χ4n) is 4.03. The van der Waals surface area contributed by atoms with Crippen LogP contribution >= 0.6 is 0 Å². The molecule has 2 aliphatic heterocycles. The molecule has 174 valence electrons. The van der Waals surface area contributed by atoms with E-state index >= 15 is 0 Å². The molecular formula is C24H26N2O6S. The largest absolute Gasteiger partial charge is 0.454 e. The summed E-state index contributed by atoms with van der Waals surface area (Å²) in [6.07, 6.45) is 3.15. The average Bonchev–Trinajstić information content (AvgIpc) is 3.51. The highest BCUT2D eigenvalue weighted by Gasteiger charge is 2.27. The van der Waals surface area contributed by atoms with Crippen LogP contribution in [0.5, 0.6) is 0 Å². The van der Waals surface area contributed by atoms with Crippen molar-refractivity contribution in [1.82, 2.24) is 9.21 Å². The third-order valence-electron chi connectivity index (χ3n) is 5.95. The summed E-state index contributed by atoms with van der Waals surface area (Å²) in [5, 5.41) is 0. The van der Waals surface area contributed by atoms with Crippen LogP contribution in [-0.2, 0) is 26.1 Å². The molecule has 4 rings (SSSR count). The van der Waals surface area contributed by atoms with E-state index < -0.39 is 28.4 Å². The van der Waals surface area contributed by atoms with Gasteiger partial charge in [0.2, 0.25) is 15.9 Å². The molecule has 0 spiro atoms. The Bertz CT molecular complexity index is 1140. The van der Waals surface area contributed by atoms with E-state index in [2.05, 4.69) is 0 Å². The molecule has 1 amide bonds. The van der Waals surface area contributed by atoms with E-state index in [0.717, 1.165) is 31.4 Å². The summed E-state index contributed by atoms with van der Waals surface area (Å²) in [6, 6.07) is 12.5. The van der Waals surface area contributed by atoms with Crippen molar-refractivity contribution >= 4 is 27.7 Å². The summed E-state index contributed by atoms with van der Waals surface area (Å²) >= 11 is 0. The van der Waals surface area contributed by atoms with Crippen molar-refractivity contribution in [3.05, 3.63) is 65.2 Å². The number of likely N-dealkylation sites (tertiary alicyclic amines) is 1. The van der Waals surface area contributed by atoms with E-state index in [1.165, 1.54) is 28.6 Å². The molecule has 2 aliphatic rings. The number of carbonyl (C=O) groups is 3. The predicted octanol–water partition coefficient (Wildman–Crippen LogP) is 2.63. The summed E-state index contributed by atoms with van der Waals surface area (Å²) < 4.78 is 31.7. The number of hydrogen-bond donors (Lipinski definition) is 0. The number of esters is 1. The quantitative estimate of drug-likeness (QED) is 0.434. The third-order valence-corrected chi connectivity index (χ3v) is 7.86. The Kier molecular flexibility index (Phi) is 6.90. The molecule has 33 heavy (non-hydrogen) atoms. The van der Waals surface area contributed by atoms with Crippen LogP contribution in [0.3, 0.4) is 0 Å². The van der Waals surface area contributed by atoms with Gasteiger partial charge in [0.05, 0.1) is 10.5 Å². The van der Waals surface area contributed by atoms with E-state index in [0.29, 0.717) is 31.6 Å². The standard InChI is InChI=1S/C24H26N2O6S/c27-22(19-9-11-21(12-10-19)33(30,31)26-14-1-2-15-26)17-32-24(29)20-7-5-18(6-8-20)16-25-13-3-4-23(25)28/h5-12H,1-4,13-17H2. The normalized spacial score (nSPS) is 16.8. The second-order valence-corrected chi connectivity index (χ2v) is 10.2. The fraction of sp³-hybridized carbons (Fsp3) is 0.375. The maximum absolute atomic E-state index is 12.6. The molecule has 0 bridgehead atoms. The number of hydrogen-bond acceptors (Lipinski definition) is 6. The molecular weight excluding hydrogens is 444 g/mol. The lowest BCUT2D eigenvalue weighted by molar-refractivity contribution is -0.128. The van der Waals surface area contributed by atoms with Crippen LogP contribution in [0.4, 0.5) is 0 Å². The first-order valence-corrected chi connectivity index (χ1v) is 12.5. The van der Waals surface area contributed by atoms with Gasteiger partial charge >= 0.3 is 5.97 Å². The van der Waals surface area contributed by atoms with Crippen LogP contribution < -0.4 is 0 Å². The Morgan fingerprint density at radius 2 is 1.48 bits per heavy atom. The lowest BCUT2D eigenvalue weighted by Gasteiger charge is -2.15. The summed E-state index contributed by atoms with van der Waals surface area (Å²) in [6.45, 7) is 1.83. The molecule has 0 unspecified atom stereocenters. The first-order valence-electron chi connectivity index (χ1n) is 11.0. The van der Waals surface area contributed by atoms with Gasteiger partial charge in [-0.2, -0.15) is 4.31 Å². The first-order chi connectivity index (χ1) is 15.8. The van der Waals surface area contributed by atoms with Crippen molar-refractivity contribution in [3.8, 4) is 0 Å². The summed E-state index contributed by atoms with van der Waals surface area (Å²) in [7, 11) is -3.54. The predicted molar refractivity (Wildman–Crippen MR) is 120 cm³/mol. The van der Waals surface area contributed by atoms with E-state index in [9.17, 15) is 22.8 Å². The molecule has 2 aromatic rings. The zero-order valence-corrected chi connectivity index (χ0v) is 19.1. The second-order valence-electron chi connectivity index (χ2n) is 8.25. The summed E-state index contributed by atoms with van der Waals surface area (Å²) in [4.78, 5) is 38.4. The Hall–Kier alpha value is -3.04. The van der Waals surface area contributed by atoms with Crippen LogP contribution in [0.1, 0.15) is 52.0 Å². The zero-order chi connectivity index (χ0) is 23.4. The molecule has 2 heterocycles. The van der Waals surface area contributed by atoms with E-state index in [1.54, 1.807) is 29.2 Å². The minimum atomic E-state index is -3.54. The van der Waals surface area contributed by atoms with Gasteiger partial charge in [-0.25, -0.2) is 13.2 Å². The molecule has 8 nitrogen and oxygen atoms in total. The fourth-order valence-corrected chi connectivity index (χ4v) is 5.54. The highest BCUT2D eigenvalue weighted by Crippen LogP contribution is 2.21. The lowest BCUT2D eigenvalue weighted by Crippen LogP contribution is -2.27. The van der Waals surface area contributed by atoms with Gasteiger partial charge in [-0.1, -0.05) is 12.1 Å². The van der Waals surface area contributed by atoms with Gasteiger partial charge in [0.15, 0.2) is 12.4 Å². The van der Waals surface area contributed by atoms with Gasteiger partial charge in [0, 0.05) is 38.2 Å². The van der Waals surface area contributed by atoms with Gasteiger partial charge in [-0.15, -0.1) is 0 Å². The molecule has 0 atom stereocenters. The van der Waals surface area contributed by atoms with Crippen LogP contribution in [0, 0.1) is 0 Å². The molecule has 0 radical (unpaired) electrons. The van der Waals surface area contributed by atoms with Gasteiger partial charge in [-0.05, 0) is 61.2 Å². The monoisotopic (exact) mass is 470 g/mol. The molecule has 0 aromatic heterocycles. The minimum Gasteiger partial charge on any atom is -0.454 e. The van der Waals surface area contributed by atoms with Crippen molar-refractivity contribution in [2.24, 2.45) is 0 Å². The topological polar surface area (TPSA) is 101 Å². The number of ketones is 1. The highest BCUT2D eigenvalue weighted by atomic mass is 32.2. The van der Waals surface area contributed by atoms with Crippen LogP contribution in [-0.4, -0.2) is 61.5 Å². The number of Topliss-reactive ketones (excluding diaryl/α,β-unsaturated/α-hetero) is 1. The van der Waals surface area contributed by atoms with Crippen LogP contribution in [0.15, 0.2) is 53.4 Å². The molecule has 0 saturated carbocycles. The van der Waals surface area contributed by atoms with Crippen LogP contribution in [0.25, 0.3) is 0 Å². The Morgan fingerprint density at radius 3 is 2.09 bits per heavy atom. The number of sulfonamides is 1. The number of nitrogens with zero attached hydrogens (tertiary/aromatic N) is 2. The maximum atomic E-state index is 12.6. The molecule has 0 N–H and O–H groups in total. The molecule has 0 aliphatic carbocycles. The number of benzene rings is 2. The zero-order valence-electron chi connectivity index (χ0n) is 18.2. The van der Waals surface area contributed by atoms with Crippen molar-refractivity contribution in [3.63, 3.8) is 0 Å². The second kappa shape index (κ2) is 9.84. The van der Waals surface area contributed by atoms with E-state index in [-0.39, 0.29) is 16.4 Å². The number of rotatable bonds is 8. The van der Waals surface area contributed by atoms with Crippen molar-refractivity contribution in [1.29, 1.82) is 0 Å². The van der Waals surface area contributed by atoms with Crippen molar-refractivity contribution in [2.45, 2.75) is 37.1 Å². The lowest BCUT2D eigenvalue weighted by atomic mass is 10.1. The molecule has 2 saturated heterocycles. The minimum absolute atomic E-state index is 0.138. The van der Waals surface area contributed by atoms with Crippen molar-refractivity contribution < 1.29 is 27.5 Å². The van der Waals surface area contributed by atoms with Crippen molar-refractivity contribution in [2.75, 3.05) is 26.2 Å². The van der Waals surface area contributed by atoms with E-state index in [4.69, 9.17) is 4.74 Å². The molecule has 9 heteroatoms. The first kappa shape index (κ1) is 23.1. The maximum Gasteiger partial charge on any atom is 0.338 e. The number of amides is 1. The Balaban J connectivity index is 1.31. The van der Waals surface area contributed by atoms with Gasteiger partial charge in [0.1, 0.15) is 0 Å². The van der Waals surface area contributed by atoms with Gasteiger partial charge in [0.25, 0.3) is 0 Å². The Morgan fingerprint density at radius 1 is 0.848 bits per heavy atom. The van der Waals surface area contributed by atoms with Crippen LogP contribution in [0.2, 0.25) is 0 Å². The number of carbonyl (C=O) groups excluding carboxylic acids is 3. The summed E-state index contributed by atoms with van der Waals surface area (Å²) in [5.41, 5.74) is 1.50. The Labute approximate surface area is 193 Å². The average molecular weight is 471 g/mol. The SMILES string of the molecule is O=C(COC(=O)c1ccc(CN2CCCC2=O)cc1)c1ccc(S(=O)(=O)N2CCCC2)cc1. The molecule has 2 aromatic carbocycles. The number of ether oxygens (including phenoxy) is 1. The van der Waals surface area contributed by atoms with Gasteiger partial charge < -0.3 is 9.64 Å². The van der Waals surface area contributed by atoms with E-state index in [1.807, 2.05) is 0 Å². The third kappa shape index (κ3) is 5.31. The smallest absolute Gasteiger partial charge is 0.338 e. The molecule has 2 fully saturated rings. The highest BCUT2D eigenvalue weighted by molar-refractivity contribution is 7.89. The summed E-state index contributed by atoms with van der Waals surface area (Å²) in [5.74, 6) is -0.906.